The van der Waals surface area contributed by atoms with Crippen molar-refractivity contribution in [3.05, 3.63) is 35.6 Å². The second kappa shape index (κ2) is 4.87. The molecule has 0 aliphatic heterocycles. The van der Waals surface area contributed by atoms with Crippen LogP contribution < -0.4 is 16.4 Å². The normalized spacial score (nSPS) is 10.2. The lowest BCUT2D eigenvalue weighted by Crippen LogP contribution is -2.04. The largest absolute Gasteiger partial charge is 0.373 e. The van der Waals surface area contributed by atoms with Crippen molar-refractivity contribution in [2.45, 2.75) is 6.92 Å². The highest BCUT2D eigenvalue weighted by Gasteiger charge is 2.07. The highest BCUT2D eigenvalue weighted by Crippen LogP contribution is 2.22. The van der Waals surface area contributed by atoms with Crippen LogP contribution in [0.5, 0.6) is 0 Å². The fourth-order valence-corrected chi connectivity index (χ4v) is 1.54. The molecule has 0 radical (unpaired) electrons. The summed E-state index contributed by atoms with van der Waals surface area (Å²) in [6.07, 6.45) is 0. The highest BCUT2D eigenvalue weighted by atomic mass is 19.1. The smallest absolute Gasteiger partial charge is 0.223 e. The van der Waals surface area contributed by atoms with Crippen LogP contribution in [0.2, 0.25) is 0 Å². The van der Waals surface area contributed by atoms with E-state index in [9.17, 15) is 4.39 Å². The molecule has 2 rings (SSSR count). The van der Waals surface area contributed by atoms with Gasteiger partial charge in [0.25, 0.3) is 0 Å². The van der Waals surface area contributed by atoms with E-state index in [1.54, 1.807) is 38.2 Å². The van der Waals surface area contributed by atoms with Crippen molar-refractivity contribution in [2.75, 3.05) is 23.4 Å². The van der Waals surface area contributed by atoms with Gasteiger partial charge in [0.05, 0.1) is 5.69 Å². The molecule has 2 aromatic rings. The van der Waals surface area contributed by atoms with E-state index < -0.39 is 0 Å². The molecule has 0 atom stereocenters. The Kier molecular flexibility index (Phi) is 3.27. The van der Waals surface area contributed by atoms with Crippen molar-refractivity contribution in [1.29, 1.82) is 0 Å². The van der Waals surface area contributed by atoms with Gasteiger partial charge in [-0.15, -0.1) is 0 Å². The van der Waals surface area contributed by atoms with Crippen LogP contribution in [0.15, 0.2) is 24.3 Å². The van der Waals surface area contributed by atoms with E-state index in [0.717, 1.165) is 0 Å². The molecule has 0 saturated heterocycles. The first kappa shape index (κ1) is 12.1. The number of nitrogens with two attached hydrogens (primary N) is 1. The van der Waals surface area contributed by atoms with Gasteiger partial charge in [-0.2, -0.15) is 9.97 Å². The van der Waals surface area contributed by atoms with E-state index in [4.69, 9.17) is 5.73 Å². The monoisotopic (exact) mass is 247 g/mol. The summed E-state index contributed by atoms with van der Waals surface area (Å²) in [7, 11) is 1.72. The van der Waals surface area contributed by atoms with Crippen molar-refractivity contribution in [3.63, 3.8) is 0 Å². The summed E-state index contributed by atoms with van der Waals surface area (Å²) < 4.78 is 13.8. The summed E-state index contributed by atoms with van der Waals surface area (Å²) in [6, 6.07) is 6.76. The van der Waals surface area contributed by atoms with E-state index in [2.05, 4.69) is 20.6 Å². The summed E-state index contributed by atoms with van der Waals surface area (Å²) >= 11 is 0. The third kappa shape index (κ3) is 2.48. The molecule has 0 saturated carbocycles. The maximum absolute atomic E-state index is 13.8. The van der Waals surface area contributed by atoms with Gasteiger partial charge in [0, 0.05) is 13.1 Å². The van der Waals surface area contributed by atoms with Crippen LogP contribution in [0, 0.1) is 12.7 Å². The number of aryl methyl sites for hydroxylation is 1. The van der Waals surface area contributed by atoms with Crippen LogP contribution in [0.1, 0.15) is 5.56 Å². The van der Waals surface area contributed by atoms with Crippen LogP contribution in [0.25, 0.3) is 0 Å². The van der Waals surface area contributed by atoms with Crippen LogP contribution in [0.3, 0.4) is 0 Å². The Hall–Kier alpha value is -2.37. The highest BCUT2D eigenvalue weighted by molar-refractivity contribution is 5.61. The van der Waals surface area contributed by atoms with Crippen molar-refractivity contribution < 1.29 is 4.39 Å². The Morgan fingerprint density at radius 1 is 1.22 bits per heavy atom. The lowest BCUT2D eigenvalue weighted by atomic mass is 10.2. The predicted octanol–water partition coefficient (Wildman–Crippen LogP) is 2.29. The van der Waals surface area contributed by atoms with Crippen LogP contribution in [-0.2, 0) is 0 Å². The average molecular weight is 247 g/mol. The predicted molar refractivity (Wildman–Crippen MR) is 70.4 cm³/mol. The summed E-state index contributed by atoms with van der Waals surface area (Å²) in [5.74, 6) is 0.826. The number of hydrogen-bond acceptors (Lipinski definition) is 5. The fraction of sp³-hybridized carbons (Fsp3) is 0.167. The number of nitrogens with zero attached hydrogens (tertiary/aromatic N) is 2. The third-order valence-corrected chi connectivity index (χ3v) is 2.45. The molecule has 0 spiro atoms. The quantitative estimate of drug-likeness (QED) is 0.775. The molecule has 5 nitrogen and oxygen atoms in total. The third-order valence-electron chi connectivity index (χ3n) is 2.45. The molecule has 1 aromatic carbocycles. The van der Waals surface area contributed by atoms with Gasteiger partial charge in [-0.1, -0.05) is 12.1 Å². The van der Waals surface area contributed by atoms with Gasteiger partial charge < -0.3 is 16.4 Å². The van der Waals surface area contributed by atoms with Gasteiger partial charge in [0.15, 0.2) is 0 Å². The number of hydrogen-bond donors (Lipinski definition) is 3. The molecule has 6 heteroatoms. The lowest BCUT2D eigenvalue weighted by molar-refractivity contribution is 0.622. The second-order valence-corrected chi connectivity index (χ2v) is 3.81. The van der Waals surface area contributed by atoms with Gasteiger partial charge in [-0.05, 0) is 18.6 Å². The van der Waals surface area contributed by atoms with Crippen molar-refractivity contribution in [2.24, 2.45) is 0 Å². The van der Waals surface area contributed by atoms with Crippen molar-refractivity contribution in [1.82, 2.24) is 9.97 Å². The van der Waals surface area contributed by atoms with E-state index in [-0.39, 0.29) is 11.8 Å². The van der Waals surface area contributed by atoms with E-state index in [1.165, 1.54) is 0 Å². The molecule has 94 valence electrons. The molecule has 0 bridgehead atoms. The maximum Gasteiger partial charge on any atom is 0.223 e. The van der Waals surface area contributed by atoms with Crippen LogP contribution >= 0.6 is 0 Å². The Balaban J connectivity index is 2.34. The second-order valence-electron chi connectivity index (χ2n) is 3.81. The summed E-state index contributed by atoms with van der Waals surface area (Å²) in [4.78, 5) is 7.95. The number of anilines is 4. The minimum atomic E-state index is -0.305. The first-order chi connectivity index (χ1) is 8.60. The zero-order valence-corrected chi connectivity index (χ0v) is 10.2. The first-order valence-corrected chi connectivity index (χ1v) is 5.44. The Labute approximate surface area is 104 Å². The molecule has 0 aliphatic carbocycles. The van der Waals surface area contributed by atoms with Gasteiger partial charge in [0.1, 0.15) is 17.5 Å². The Morgan fingerprint density at radius 3 is 2.67 bits per heavy atom. The molecule has 4 N–H and O–H groups in total. The minimum Gasteiger partial charge on any atom is -0.373 e. The minimum absolute atomic E-state index is 0.123. The maximum atomic E-state index is 13.8. The van der Waals surface area contributed by atoms with E-state index in [1.807, 2.05) is 0 Å². The molecular formula is C12H14FN5. The van der Waals surface area contributed by atoms with Crippen molar-refractivity contribution in [3.8, 4) is 0 Å². The topological polar surface area (TPSA) is 75.9 Å². The number of rotatable bonds is 3. The number of benzene rings is 1. The fourth-order valence-electron chi connectivity index (χ4n) is 1.54. The first-order valence-electron chi connectivity index (χ1n) is 5.44. The molecular weight excluding hydrogens is 233 g/mol. The lowest BCUT2D eigenvalue weighted by Gasteiger charge is -2.09. The van der Waals surface area contributed by atoms with E-state index >= 15 is 0 Å². The number of aromatic nitrogens is 2. The summed E-state index contributed by atoms with van der Waals surface area (Å²) in [5.41, 5.74) is 6.48. The molecule has 18 heavy (non-hydrogen) atoms. The van der Waals surface area contributed by atoms with Gasteiger partial charge in [-0.25, -0.2) is 4.39 Å². The Bertz CT molecular complexity index is 570. The zero-order valence-electron chi connectivity index (χ0n) is 10.2. The molecule has 1 aromatic heterocycles. The molecule has 0 aliphatic rings. The molecule has 0 fully saturated rings. The summed E-state index contributed by atoms with van der Waals surface area (Å²) in [6.45, 7) is 1.70. The SMILES string of the molecule is CNc1cc(Nc2cccc(C)c2F)nc(N)n1. The van der Waals surface area contributed by atoms with Crippen LogP contribution in [-0.4, -0.2) is 17.0 Å². The number of nitrogens with one attached hydrogen (secondary N) is 2. The molecule has 1 heterocycles. The van der Waals surface area contributed by atoms with E-state index in [0.29, 0.717) is 22.9 Å². The molecule has 0 amide bonds. The number of nitrogen functional groups attached to an aromatic ring is 1. The zero-order chi connectivity index (χ0) is 13.1. The average Bonchev–Trinajstić information content (AvgIpc) is 2.34. The van der Waals surface area contributed by atoms with Crippen LogP contribution in [0.4, 0.5) is 27.7 Å². The van der Waals surface area contributed by atoms with Gasteiger partial charge in [-0.3, -0.25) is 0 Å². The number of halogens is 1. The van der Waals surface area contributed by atoms with Gasteiger partial charge in [0.2, 0.25) is 5.95 Å². The van der Waals surface area contributed by atoms with Crippen molar-refractivity contribution >= 4 is 23.3 Å². The molecule has 0 unspecified atom stereocenters. The standard InChI is InChI=1S/C12H14FN5/c1-7-4-3-5-8(11(7)13)16-10-6-9(15-2)17-12(14)18-10/h3-6H,1-2H3,(H4,14,15,16,17,18). The van der Waals surface area contributed by atoms with Gasteiger partial charge >= 0.3 is 0 Å². The summed E-state index contributed by atoms with van der Waals surface area (Å²) in [5, 5.41) is 5.74. The Morgan fingerprint density at radius 2 is 1.94 bits per heavy atom.